The quantitative estimate of drug-likeness (QED) is 0.743. The molecule has 2 aromatic carbocycles. The van der Waals surface area contributed by atoms with Gasteiger partial charge in [-0.2, -0.15) is 5.10 Å². The summed E-state index contributed by atoms with van der Waals surface area (Å²) in [6.07, 6.45) is 2.64. The third-order valence-corrected chi connectivity index (χ3v) is 4.13. The van der Waals surface area contributed by atoms with E-state index in [0.717, 1.165) is 29.4 Å². The molecule has 0 radical (unpaired) electrons. The number of rotatable bonds is 1. The molecule has 0 spiro atoms. The second-order valence-electron chi connectivity index (χ2n) is 5.38. The molecular formula is C17H15N3O. The number of hydrogen-bond donors (Lipinski definition) is 1. The Kier molecular flexibility index (Phi) is 2.74. The summed E-state index contributed by atoms with van der Waals surface area (Å²) in [5.41, 5.74) is 4.22. The average Bonchev–Trinajstić information content (AvgIpc) is 3.02. The van der Waals surface area contributed by atoms with Crippen molar-refractivity contribution in [3.05, 3.63) is 65.4 Å². The SMILES string of the molecule is O=C(c1cccc2[nH]ncc12)N1CCc2ccccc2C1. The number of benzene rings is 2. The molecule has 2 heterocycles. The maximum Gasteiger partial charge on any atom is 0.254 e. The number of aromatic nitrogens is 2. The third-order valence-electron chi connectivity index (χ3n) is 4.13. The molecule has 1 amide bonds. The van der Waals surface area contributed by atoms with Gasteiger partial charge in [0.1, 0.15) is 0 Å². The van der Waals surface area contributed by atoms with E-state index >= 15 is 0 Å². The third kappa shape index (κ3) is 2.00. The molecule has 104 valence electrons. The minimum Gasteiger partial charge on any atom is -0.334 e. The first-order chi connectivity index (χ1) is 10.3. The summed E-state index contributed by atoms with van der Waals surface area (Å²) in [5.74, 6) is 0.0801. The predicted octanol–water partition coefficient (Wildman–Crippen LogP) is 2.76. The highest BCUT2D eigenvalue weighted by Crippen LogP contribution is 2.23. The molecule has 4 heteroatoms. The summed E-state index contributed by atoms with van der Waals surface area (Å²) in [5, 5.41) is 7.83. The number of carbonyl (C=O) groups is 1. The van der Waals surface area contributed by atoms with Crippen LogP contribution < -0.4 is 0 Å². The molecule has 1 N–H and O–H groups in total. The zero-order chi connectivity index (χ0) is 14.2. The van der Waals surface area contributed by atoms with Crippen LogP contribution in [0, 0.1) is 0 Å². The van der Waals surface area contributed by atoms with E-state index in [-0.39, 0.29) is 5.91 Å². The van der Waals surface area contributed by atoms with Crippen LogP contribution in [0.1, 0.15) is 21.5 Å². The number of fused-ring (bicyclic) bond motifs is 2. The summed E-state index contributed by atoms with van der Waals surface area (Å²) in [6, 6.07) is 14.0. The summed E-state index contributed by atoms with van der Waals surface area (Å²) in [6.45, 7) is 1.45. The molecule has 3 aromatic rings. The summed E-state index contributed by atoms with van der Waals surface area (Å²) < 4.78 is 0. The van der Waals surface area contributed by atoms with Crippen LogP contribution in [0.15, 0.2) is 48.7 Å². The minimum absolute atomic E-state index is 0.0801. The van der Waals surface area contributed by atoms with E-state index in [1.165, 1.54) is 11.1 Å². The van der Waals surface area contributed by atoms with Crippen molar-refractivity contribution in [2.24, 2.45) is 0 Å². The van der Waals surface area contributed by atoms with Gasteiger partial charge in [0.25, 0.3) is 5.91 Å². The highest BCUT2D eigenvalue weighted by molar-refractivity contribution is 6.06. The van der Waals surface area contributed by atoms with Crippen LogP contribution in [0.4, 0.5) is 0 Å². The second-order valence-corrected chi connectivity index (χ2v) is 5.38. The maximum atomic E-state index is 12.8. The van der Waals surface area contributed by atoms with Gasteiger partial charge in [0.15, 0.2) is 0 Å². The van der Waals surface area contributed by atoms with Crippen LogP contribution in [0.5, 0.6) is 0 Å². The van der Waals surface area contributed by atoms with Crippen molar-refractivity contribution in [2.75, 3.05) is 6.54 Å². The van der Waals surface area contributed by atoms with Crippen LogP contribution in [0.3, 0.4) is 0 Å². The molecule has 0 atom stereocenters. The smallest absolute Gasteiger partial charge is 0.254 e. The van der Waals surface area contributed by atoms with Gasteiger partial charge >= 0.3 is 0 Å². The van der Waals surface area contributed by atoms with E-state index in [1.54, 1.807) is 6.20 Å². The Morgan fingerprint density at radius 2 is 1.95 bits per heavy atom. The fourth-order valence-corrected chi connectivity index (χ4v) is 2.99. The van der Waals surface area contributed by atoms with Gasteiger partial charge in [-0.15, -0.1) is 0 Å². The molecular weight excluding hydrogens is 262 g/mol. The monoisotopic (exact) mass is 277 g/mol. The lowest BCUT2D eigenvalue weighted by atomic mass is 9.99. The van der Waals surface area contributed by atoms with E-state index in [1.807, 2.05) is 29.2 Å². The van der Waals surface area contributed by atoms with Gasteiger partial charge in [-0.05, 0) is 29.7 Å². The van der Waals surface area contributed by atoms with Crippen molar-refractivity contribution >= 4 is 16.8 Å². The van der Waals surface area contributed by atoms with Gasteiger partial charge in [-0.25, -0.2) is 0 Å². The lowest BCUT2D eigenvalue weighted by molar-refractivity contribution is 0.0736. The van der Waals surface area contributed by atoms with E-state index < -0.39 is 0 Å². The first-order valence-corrected chi connectivity index (χ1v) is 7.11. The molecule has 1 aromatic heterocycles. The first-order valence-electron chi connectivity index (χ1n) is 7.11. The molecule has 0 fully saturated rings. The van der Waals surface area contributed by atoms with Crippen molar-refractivity contribution < 1.29 is 4.79 Å². The molecule has 0 unspecified atom stereocenters. The van der Waals surface area contributed by atoms with Gasteiger partial charge in [0, 0.05) is 18.5 Å². The lowest BCUT2D eigenvalue weighted by Gasteiger charge is -2.29. The largest absolute Gasteiger partial charge is 0.334 e. The normalized spacial score (nSPS) is 14.2. The number of nitrogens with one attached hydrogen (secondary N) is 1. The second kappa shape index (κ2) is 4.74. The van der Waals surface area contributed by atoms with Crippen molar-refractivity contribution in [1.82, 2.24) is 15.1 Å². The zero-order valence-electron chi connectivity index (χ0n) is 11.5. The van der Waals surface area contributed by atoms with Gasteiger partial charge in [-0.3, -0.25) is 9.89 Å². The molecule has 4 nitrogen and oxygen atoms in total. The number of hydrogen-bond acceptors (Lipinski definition) is 2. The van der Waals surface area contributed by atoms with Crippen LogP contribution in [0.2, 0.25) is 0 Å². The van der Waals surface area contributed by atoms with Gasteiger partial charge in [0.05, 0.1) is 17.3 Å². The van der Waals surface area contributed by atoms with Gasteiger partial charge in [-0.1, -0.05) is 30.3 Å². The van der Waals surface area contributed by atoms with Crippen molar-refractivity contribution in [3.8, 4) is 0 Å². The Hall–Kier alpha value is -2.62. The Balaban J connectivity index is 1.69. The average molecular weight is 277 g/mol. The Morgan fingerprint density at radius 3 is 2.86 bits per heavy atom. The van der Waals surface area contributed by atoms with Crippen molar-refractivity contribution in [2.45, 2.75) is 13.0 Å². The minimum atomic E-state index is 0.0801. The highest BCUT2D eigenvalue weighted by atomic mass is 16.2. The van der Waals surface area contributed by atoms with E-state index in [2.05, 4.69) is 28.4 Å². The molecule has 21 heavy (non-hydrogen) atoms. The van der Waals surface area contributed by atoms with Crippen LogP contribution >= 0.6 is 0 Å². The fraction of sp³-hybridized carbons (Fsp3) is 0.176. The Labute approximate surface area is 122 Å². The first kappa shape index (κ1) is 12.1. The number of aromatic amines is 1. The standard InChI is InChI=1S/C17H15N3O/c21-17(14-6-3-7-16-15(14)10-18-19-16)20-9-8-12-4-1-2-5-13(12)11-20/h1-7,10H,8-9,11H2,(H,18,19). The summed E-state index contributed by atoms with van der Waals surface area (Å²) in [4.78, 5) is 14.7. The molecule has 1 aliphatic rings. The van der Waals surface area contributed by atoms with Crippen molar-refractivity contribution in [3.63, 3.8) is 0 Å². The summed E-state index contributed by atoms with van der Waals surface area (Å²) >= 11 is 0. The molecule has 0 bridgehead atoms. The number of amides is 1. The van der Waals surface area contributed by atoms with Crippen LogP contribution in [-0.2, 0) is 13.0 Å². The zero-order valence-corrected chi connectivity index (χ0v) is 11.5. The Morgan fingerprint density at radius 1 is 1.10 bits per heavy atom. The number of H-pyrrole nitrogens is 1. The maximum absolute atomic E-state index is 12.8. The predicted molar refractivity (Wildman–Crippen MR) is 81.0 cm³/mol. The van der Waals surface area contributed by atoms with Crippen molar-refractivity contribution in [1.29, 1.82) is 0 Å². The molecule has 0 aliphatic carbocycles. The molecule has 0 saturated heterocycles. The lowest BCUT2D eigenvalue weighted by Crippen LogP contribution is -2.36. The summed E-state index contributed by atoms with van der Waals surface area (Å²) in [7, 11) is 0. The number of carbonyl (C=O) groups excluding carboxylic acids is 1. The Bertz CT molecular complexity index is 822. The molecule has 0 saturated carbocycles. The molecule has 1 aliphatic heterocycles. The van der Waals surface area contributed by atoms with Gasteiger partial charge in [0.2, 0.25) is 0 Å². The topological polar surface area (TPSA) is 49.0 Å². The fourth-order valence-electron chi connectivity index (χ4n) is 2.99. The van der Waals surface area contributed by atoms with E-state index in [9.17, 15) is 4.79 Å². The molecule has 4 rings (SSSR count). The highest BCUT2D eigenvalue weighted by Gasteiger charge is 2.22. The van der Waals surface area contributed by atoms with Crippen LogP contribution in [-0.4, -0.2) is 27.5 Å². The van der Waals surface area contributed by atoms with Crippen LogP contribution in [0.25, 0.3) is 10.9 Å². The van der Waals surface area contributed by atoms with E-state index in [4.69, 9.17) is 0 Å². The number of nitrogens with zero attached hydrogens (tertiary/aromatic N) is 2. The van der Waals surface area contributed by atoms with E-state index in [0.29, 0.717) is 6.54 Å². The van der Waals surface area contributed by atoms with Gasteiger partial charge < -0.3 is 4.90 Å².